The molecule has 26 heavy (non-hydrogen) atoms. The van der Waals surface area contributed by atoms with Crippen molar-refractivity contribution in [2.75, 3.05) is 7.11 Å². The fourth-order valence-electron chi connectivity index (χ4n) is 2.50. The standard InChI is InChI=1S/C18H19FN2O5/c1-18(17(24)21-25,13-6-7-15(26-2)14(19)9-13)20-10-11-4-3-5-12(8-11)16(22)23/h3-9,20,25H,10H2,1-2H3,(H,21,24)(H,22,23). The molecule has 0 aliphatic carbocycles. The normalized spacial score (nSPS) is 12.9. The lowest BCUT2D eigenvalue weighted by molar-refractivity contribution is -0.136. The molecule has 1 atom stereocenters. The van der Waals surface area contributed by atoms with Gasteiger partial charge in [-0.3, -0.25) is 15.3 Å². The van der Waals surface area contributed by atoms with E-state index in [4.69, 9.17) is 15.1 Å². The largest absolute Gasteiger partial charge is 0.494 e. The predicted molar refractivity (Wildman–Crippen MR) is 90.5 cm³/mol. The van der Waals surface area contributed by atoms with Gasteiger partial charge in [-0.2, -0.15) is 0 Å². The van der Waals surface area contributed by atoms with Crippen LogP contribution in [0.15, 0.2) is 42.5 Å². The molecular formula is C18H19FN2O5. The Hall–Kier alpha value is -2.97. The van der Waals surface area contributed by atoms with Crippen LogP contribution in [0.1, 0.15) is 28.4 Å². The van der Waals surface area contributed by atoms with Gasteiger partial charge in [0.25, 0.3) is 5.91 Å². The maximum absolute atomic E-state index is 14.0. The van der Waals surface area contributed by atoms with Crippen LogP contribution in [0, 0.1) is 5.82 Å². The second-order valence-electron chi connectivity index (χ2n) is 5.77. The Labute approximate surface area is 149 Å². The number of halogens is 1. The van der Waals surface area contributed by atoms with Crippen LogP contribution < -0.4 is 15.5 Å². The summed E-state index contributed by atoms with van der Waals surface area (Å²) < 4.78 is 18.9. The zero-order valence-electron chi connectivity index (χ0n) is 14.2. The summed E-state index contributed by atoms with van der Waals surface area (Å²) in [5.41, 5.74) is 1.07. The Morgan fingerprint density at radius 1 is 1.23 bits per heavy atom. The minimum atomic E-state index is -1.47. The lowest BCUT2D eigenvalue weighted by Gasteiger charge is -2.29. The van der Waals surface area contributed by atoms with Crippen LogP contribution in [0.5, 0.6) is 5.75 Å². The third-order valence-corrected chi connectivity index (χ3v) is 4.10. The average molecular weight is 362 g/mol. The first-order chi connectivity index (χ1) is 12.3. The smallest absolute Gasteiger partial charge is 0.335 e. The number of carboxylic acid groups (broad SMARTS) is 1. The van der Waals surface area contributed by atoms with Crippen molar-refractivity contribution in [1.29, 1.82) is 0 Å². The molecule has 0 spiro atoms. The summed E-state index contributed by atoms with van der Waals surface area (Å²) in [6.07, 6.45) is 0. The number of nitrogens with one attached hydrogen (secondary N) is 2. The molecule has 0 heterocycles. The van der Waals surface area contributed by atoms with E-state index in [0.29, 0.717) is 5.56 Å². The van der Waals surface area contributed by atoms with Gasteiger partial charge in [-0.15, -0.1) is 0 Å². The van der Waals surface area contributed by atoms with E-state index in [9.17, 15) is 14.0 Å². The number of hydroxylamine groups is 1. The van der Waals surface area contributed by atoms with E-state index in [0.717, 1.165) is 6.07 Å². The molecule has 0 aliphatic heterocycles. The van der Waals surface area contributed by atoms with Gasteiger partial charge in [0.15, 0.2) is 11.6 Å². The molecule has 1 unspecified atom stereocenters. The van der Waals surface area contributed by atoms with Gasteiger partial charge in [0.05, 0.1) is 12.7 Å². The Morgan fingerprint density at radius 2 is 1.96 bits per heavy atom. The van der Waals surface area contributed by atoms with Crippen LogP contribution in [0.2, 0.25) is 0 Å². The molecular weight excluding hydrogens is 343 g/mol. The first kappa shape index (κ1) is 19.4. The molecule has 2 aromatic rings. The van der Waals surface area contributed by atoms with E-state index < -0.39 is 23.2 Å². The lowest BCUT2D eigenvalue weighted by Crippen LogP contribution is -2.51. The Bertz CT molecular complexity index is 827. The summed E-state index contributed by atoms with van der Waals surface area (Å²) in [7, 11) is 1.32. The van der Waals surface area contributed by atoms with Crippen molar-refractivity contribution in [2.24, 2.45) is 0 Å². The van der Waals surface area contributed by atoms with Gasteiger partial charge in [0.1, 0.15) is 5.54 Å². The highest BCUT2D eigenvalue weighted by Crippen LogP contribution is 2.27. The fourth-order valence-corrected chi connectivity index (χ4v) is 2.50. The van der Waals surface area contributed by atoms with Crippen molar-refractivity contribution in [3.63, 3.8) is 0 Å². The topological polar surface area (TPSA) is 108 Å². The van der Waals surface area contributed by atoms with Crippen molar-refractivity contribution in [2.45, 2.75) is 19.0 Å². The Balaban J connectivity index is 2.32. The van der Waals surface area contributed by atoms with E-state index in [1.54, 1.807) is 17.6 Å². The van der Waals surface area contributed by atoms with Crippen molar-refractivity contribution < 1.29 is 29.0 Å². The van der Waals surface area contributed by atoms with Crippen LogP contribution in [-0.4, -0.2) is 29.3 Å². The molecule has 2 rings (SSSR count). The molecule has 0 aromatic heterocycles. The summed E-state index contributed by atoms with van der Waals surface area (Å²) in [4.78, 5) is 23.3. The lowest BCUT2D eigenvalue weighted by atomic mass is 9.90. The molecule has 0 saturated heterocycles. The van der Waals surface area contributed by atoms with Crippen molar-refractivity contribution in [3.05, 3.63) is 65.0 Å². The molecule has 0 radical (unpaired) electrons. The van der Waals surface area contributed by atoms with Gasteiger partial charge in [0.2, 0.25) is 0 Å². The first-order valence-electron chi connectivity index (χ1n) is 7.67. The van der Waals surface area contributed by atoms with Crippen LogP contribution in [0.25, 0.3) is 0 Å². The molecule has 2 aromatic carbocycles. The highest BCUT2D eigenvalue weighted by Gasteiger charge is 2.35. The molecule has 0 fully saturated rings. The number of aromatic carboxylic acids is 1. The van der Waals surface area contributed by atoms with Gasteiger partial charge in [0, 0.05) is 6.54 Å². The number of ether oxygens (including phenoxy) is 1. The Morgan fingerprint density at radius 3 is 2.54 bits per heavy atom. The zero-order chi connectivity index (χ0) is 19.3. The zero-order valence-corrected chi connectivity index (χ0v) is 14.2. The molecule has 0 saturated carbocycles. The van der Waals surface area contributed by atoms with Gasteiger partial charge in [-0.25, -0.2) is 14.7 Å². The highest BCUT2D eigenvalue weighted by atomic mass is 19.1. The van der Waals surface area contributed by atoms with Crippen LogP contribution in [0.4, 0.5) is 4.39 Å². The second-order valence-corrected chi connectivity index (χ2v) is 5.77. The summed E-state index contributed by atoms with van der Waals surface area (Å²) in [6.45, 7) is 1.58. The summed E-state index contributed by atoms with van der Waals surface area (Å²) in [5, 5.41) is 21.1. The monoisotopic (exact) mass is 362 g/mol. The van der Waals surface area contributed by atoms with E-state index in [2.05, 4.69) is 5.32 Å². The SMILES string of the molecule is COc1ccc(C(C)(NCc2cccc(C(=O)O)c2)C(=O)NO)cc1F. The average Bonchev–Trinajstić information content (AvgIpc) is 2.65. The minimum Gasteiger partial charge on any atom is -0.494 e. The number of amides is 1. The van der Waals surface area contributed by atoms with E-state index in [-0.39, 0.29) is 23.4 Å². The van der Waals surface area contributed by atoms with Gasteiger partial charge < -0.3 is 9.84 Å². The maximum Gasteiger partial charge on any atom is 0.335 e. The summed E-state index contributed by atoms with van der Waals surface area (Å²) in [6, 6.07) is 10.2. The minimum absolute atomic E-state index is 0.0228. The maximum atomic E-state index is 14.0. The van der Waals surface area contributed by atoms with Gasteiger partial charge in [-0.05, 0) is 42.3 Å². The number of rotatable bonds is 7. The van der Waals surface area contributed by atoms with E-state index in [1.165, 1.54) is 38.3 Å². The van der Waals surface area contributed by atoms with Crippen molar-refractivity contribution in [1.82, 2.24) is 10.8 Å². The molecule has 1 amide bonds. The fraction of sp³-hybridized carbons (Fsp3) is 0.222. The number of carboxylic acids is 1. The molecule has 4 N–H and O–H groups in total. The van der Waals surface area contributed by atoms with E-state index in [1.807, 2.05) is 0 Å². The summed E-state index contributed by atoms with van der Waals surface area (Å²) in [5.74, 6) is -2.50. The van der Waals surface area contributed by atoms with Gasteiger partial charge >= 0.3 is 5.97 Å². The predicted octanol–water partition coefficient (Wildman–Crippen LogP) is 2.04. The van der Waals surface area contributed by atoms with Crippen molar-refractivity contribution in [3.8, 4) is 5.75 Å². The summed E-state index contributed by atoms with van der Waals surface area (Å²) >= 11 is 0. The first-order valence-corrected chi connectivity index (χ1v) is 7.67. The number of hydrogen-bond donors (Lipinski definition) is 4. The quantitative estimate of drug-likeness (QED) is 0.443. The van der Waals surface area contributed by atoms with Gasteiger partial charge in [-0.1, -0.05) is 18.2 Å². The number of carbonyl (C=O) groups is 2. The van der Waals surface area contributed by atoms with E-state index >= 15 is 0 Å². The van der Waals surface area contributed by atoms with Crippen LogP contribution in [-0.2, 0) is 16.9 Å². The molecule has 7 nitrogen and oxygen atoms in total. The number of carbonyl (C=O) groups excluding carboxylic acids is 1. The molecule has 0 bridgehead atoms. The number of methoxy groups -OCH3 is 1. The molecule has 0 aliphatic rings. The van der Waals surface area contributed by atoms with Crippen molar-refractivity contribution >= 4 is 11.9 Å². The van der Waals surface area contributed by atoms with Crippen LogP contribution >= 0.6 is 0 Å². The molecule has 8 heteroatoms. The molecule has 138 valence electrons. The third-order valence-electron chi connectivity index (χ3n) is 4.10. The second kappa shape index (κ2) is 7.94. The van der Waals surface area contributed by atoms with Crippen LogP contribution in [0.3, 0.4) is 0 Å². The Kier molecular flexibility index (Phi) is 5.91. The third kappa shape index (κ3) is 3.98. The number of benzene rings is 2. The number of hydrogen-bond acceptors (Lipinski definition) is 5. The highest BCUT2D eigenvalue weighted by molar-refractivity contribution is 5.88.